The topological polar surface area (TPSA) is 67.5 Å². The molecule has 0 saturated heterocycles. The first-order chi connectivity index (χ1) is 15.7. The molecule has 0 N–H and O–H groups in total. The highest BCUT2D eigenvalue weighted by Crippen LogP contribution is 2.35. The summed E-state index contributed by atoms with van der Waals surface area (Å²) in [6.45, 7) is 0. The van der Waals surface area contributed by atoms with Crippen LogP contribution in [0.2, 0.25) is 0 Å². The van der Waals surface area contributed by atoms with Gasteiger partial charge in [-0.25, -0.2) is 4.98 Å². The van der Waals surface area contributed by atoms with E-state index in [2.05, 4.69) is 4.98 Å². The summed E-state index contributed by atoms with van der Waals surface area (Å²) >= 11 is 0. The molecule has 0 aliphatic carbocycles. The second-order valence-electron chi connectivity index (χ2n) is 7.28. The number of nitrogens with zero attached hydrogens (tertiary/aromatic N) is 2. The van der Waals surface area contributed by atoms with Crippen molar-refractivity contribution < 1.29 is 18.9 Å². The number of hydrogen-bond donors (Lipinski definition) is 0. The minimum Gasteiger partial charge on any atom is -0.619 e. The fraction of sp³-hybridized carbons (Fsp3) is 0.154. The predicted molar refractivity (Wildman–Crippen MR) is 121 cm³/mol. The van der Waals surface area contributed by atoms with Crippen LogP contribution in [0.4, 0.5) is 0 Å². The molecule has 2 aromatic heterocycles. The zero-order valence-corrected chi connectivity index (χ0v) is 18.0. The molecule has 1 unspecified atom stereocenters. The summed E-state index contributed by atoms with van der Waals surface area (Å²) in [5.74, 6) is 2.59. The summed E-state index contributed by atoms with van der Waals surface area (Å²) in [5.41, 5.74) is 3.12. The molecule has 2 heterocycles. The molecule has 0 amide bonds. The number of para-hydroxylation sites is 1. The van der Waals surface area contributed by atoms with Gasteiger partial charge in [-0.05, 0) is 47.4 Å². The first-order valence-corrected chi connectivity index (χ1v) is 10.2. The lowest BCUT2D eigenvalue weighted by Gasteiger charge is -2.20. The van der Waals surface area contributed by atoms with Crippen LogP contribution in [-0.2, 0) is 6.42 Å². The first-order valence-electron chi connectivity index (χ1n) is 10.2. The van der Waals surface area contributed by atoms with E-state index in [1.807, 2.05) is 79.0 Å². The smallest absolute Gasteiger partial charge is 0.219 e. The van der Waals surface area contributed by atoms with Gasteiger partial charge in [-0.15, -0.1) is 0 Å². The average Bonchev–Trinajstić information content (AvgIpc) is 2.84. The van der Waals surface area contributed by atoms with Crippen LogP contribution < -0.4 is 18.9 Å². The fourth-order valence-corrected chi connectivity index (χ4v) is 3.58. The highest BCUT2D eigenvalue weighted by Gasteiger charge is 2.19. The Bertz CT molecular complexity index is 1150. The van der Waals surface area contributed by atoms with Gasteiger partial charge in [-0.1, -0.05) is 30.3 Å². The van der Waals surface area contributed by atoms with Crippen molar-refractivity contribution in [1.82, 2.24) is 4.98 Å². The molecule has 6 heteroatoms. The second-order valence-corrected chi connectivity index (χ2v) is 7.28. The average molecular weight is 428 g/mol. The van der Waals surface area contributed by atoms with Gasteiger partial charge in [0.15, 0.2) is 23.9 Å². The van der Waals surface area contributed by atoms with Gasteiger partial charge >= 0.3 is 0 Å². The standard InChI is InChI=1S/C26H24N2O4/c1-30-24-10-8-20(17-25(24)31-2)23(16-19-12-14-28(29)15-13-19)21-9-11-26(27-18-21)32-22-6-4-3-5-7-22/h3-15,17-18,23H,16H2,1-2H3. The molecule has 0 bridgehead atoms. The van der Waals surface area contributed by atoms with Crippen molar-refractivity contribution in [3.63, 3.8) is 0 Å². The zero-order valence-electron chi connectivity index (χ0n) is 18.0. The number of hydrogen-bond acceptors (Lipinski definition) is 5. The maximum absolute atomic E-state index is 11.5. The van der Waals surface area contributed by atoms with Gasteiger partial charge in [0.2, 0.25) is 5.88 Å². The minimum atomic E-state index is -0.00409. The Morgan fingerprint density at radius 3 is 2.22 bits per heavy atom. The van der Waals surface area contributed by atoms with Gasteiger partial charge in [0.25, 0.3) is 0 Å². The van der Waals surface area contributed by atoms with E-state index in [0.717, 1.165) is 27.2 Å². The van der Waals surface area contributed by atoms with Crippen molar-refractivity contribution in [1.29, 1.82) is 0 Å². The van der Waals surface area contributed by atoms with Crippen molar-refractivity contribution in [3.8, 4) is 23.1 Å². The number of pyridine rings is 2. The fourth-order valence-electron chi connectivity index (χ4n) is 3.58. The SMILES string of the molecule is COc1ccc(C(Cc2cc[n+]([O-])cc2)c2ccc(Oc3ccccc3)nc2)cc1OC. The summed E-state index contributed by atoms with van der Waals surface area (Å²) in [5, 5.41) is 11.5. The van der Waals surface area contributed by atoms with Gasteiger partial charge in [0.05, 0.1) is 14.2 Å². The first kappa shape index (κ1) is 21.2. The third kappa shape index (κ3) is 4.98. The van der Waals surface area contributed by atoms with Crippen LogP contribution in [0, 0.1) is 5.21 Å². The molecule has 0 fully saturated rings. The number of rotatable bonds is 8. The summed E-state index contributed by atoms with van der Waals surface area (Å²) in [6.07, 6.45) is 5.54. The molecule has 4 aromatic rings. The minimum absolute atomic E-state index is 0.00409. The lowest BCUT2D eigenvalue weighted by atomic mass is 9.87. The molecule has 0 aliphatic heterocycles. The molecule has 4 rings (SSSR count). The summed E-state index contributed by atoms with van der Waals surface area (Å²) in [6, 6.07) is 23.0. The Kier molecular flexibility index (Phi) is 6.51. The van der Waals surface area contributed by atoms with E-state index in [0.29, 0.717) is 23.8 Å². The molecular formula is C26H24N2O4. The third-order valence-electron chi connectivity index (χ3n) is 5.25. The monoisotopic (exact) mass is 428 g/mol. The summed E-state index contributed by atoms with van der Waals surface area (Å²) < 4.78 is 17.5. The van der Waals surface area contributed by atoms with E-state index in [9.17, 15) is 5.21 Å². The Hall–Kier alpha value is -4.06. The Morgan fingerprint density at radius 1 is 0.844 bits per heavy atom. The number of aromatic nitrogens is 2. The molecule has 2 aromatic carbocycles. The van der Waals surface area contributed by atoms with Gasteiger partial charge in [0, 0.05) is 30.3 Å². The maximum Gasteiger partial charge on any atom is 0.219 e. The van der Waals surface area contributed by atoms with Crippen LogP contribution in [0.5, 0.6) is 23.1 Å². The van der Waals surface area contributed by atoms with Crippen LogP contribution in [-0.4, -0.2) is 19.2 Å². The predicted octanol–water partition coefficient (Wildman–Crippen LogP) is 4.90. The van der Waals surface area contributed by atoms with Gasteiger partial charge < -0.3 is 19.4 Å². The van der Waals surface area contributed by atoms with Crippen molar-refractivity contribution in [2.75, 3.05) is 14.2 Å². The Balaban J connectivity index is 1.66. The van der Waals surface area contributed by atoms with Crippen LogP contribution in [0.15, 0.2) is 91.4 Å². The highest BCUT2D eigenvalue weighted by atomic mass is 16.5. The third-order valence-corrected chi connectivity index (χ3v) is 5.25. The van der Waals surface area contributed by atoms with Crippen LogP contribution in [0.1, 0.15) is 22.6 Å². The zero-order chi connectivity index (χ0) is 22.3. The number of ether oxygens (including phenoxy) is 3. The van der Waals surface area contributed by atoms with E-state index >= 15 is 0 Å². The van der Waals surface area contributed by atoms with E-state index in [-0.39, 0.29) is 5.92 Å². The lowest BCUT2D eigenvalue weighted by molar-refractivity contribution is -0.605. The summed E-state index contributed by atoms with van der Waals surface area (Å²) in [7, 11) is 3.24. The molecule has 162 valence electrons. The normalized spacial score (nSPS) is 11.6. The van der Waals surface area contributed by atoms with Gasteiger partial charge in [-0.2, -0.15) is 4.73 Å². The van der Waals surface area contributed by atoms with Gasteiger partial charge in [-0.3, -0.25) is 0 Å². The molecule has 0 spiro atoms. The van der Waals surface area contributed by atoms with Crippen LogP contribution >= 0.6 is 0 Å². The van der Waals surface area contributed by atoms with E-state index in [4.69, 9.17) is 14.2 Å². The quantitative estimate of drug-likeness (QED) is 0.295. The molecule has 0 saturated carbocycles. The van der Waals surface area contributed by atoms with Crippen LogP contribution in [0.3, 0.4) is 0 Å². The molecule has 0 aliphatic rings. The van der Waals surface area contributed by atoms with Crippen molar-refractivity contribution >= 4 is 0 Å². The Labute approximate surface area is 187 Å². The Morgan fingerprint density at radius 2 is 1.56 bits per heavy atom. The maximum atomic E-state index is 11.5. The van der Waals surface area contributed by atoms with Crippen molar-refractivity contribution in [3.05, 3.63) is 113 Å². The molecule has 6 nitrogen and oxygen atoms in total. The molecule has 1 atom stereocenters. The summed E-state index contributed by atoms with van der Waals surface area (Å²) in [4.78, 5) is 4.52. The largest absolute Gasteiger partial charge is 0.619 e. The van der Waals surface area contributed by atoms with Crippen molar-refractivity contribution in [2.24, 2.45) is 0 Å². The van der Waals surface area contributed by atoms with E-state index < -0.39 is 0 Å². The molecule has 32 heavy (non-hydrogen) atoms. The van der Waals surface area contributed by atoms with E-state index in [1.165, 1.54) is 12.4 Å². The highest BCUT2D eigenvalue weighted by molar-refractivity contribution is 5.46. The van der Waals surface area contributed by atoms with Gasteiger partial charge in [0.1, 0.15) is 5.75 Å². The van der Waals surface area contributed by atoms with E-state index in [1.54, 1.807) is 14.2 Å². The number of benzene rings is 2. The van der Waals surface area contributed by atoms with Crippen LogP contribution in [0.25, 0.3) is 0 Å². The second kappa shape index (κ2) is 9.83. The molecule has 0 radical (unpaired) electrons. The number of methoxy groups -OCH3 is 2. The lowest BCUT2D eigenvalue weighted by Crippen LogP contribution is -2.24. The molecular weight excluding hydrogens is 404 g/mol. The van der Waals surface area contributed by atoms with Crippen molar-refractivity contribution in [2.45, 2.75) is 12.3 Å².